The Hall–Kier alpha value is -2.36. The third kappa shape index (κ3) is 2.73. The third-order valence-electron chi connectivity index (χ3n) is 3.02. The molecule has 4 heteroatoms. The van der Waals surface area contributed by atoms with Crippen LogP contribution in [0.3, 0.4) is 0 Å². The Kier molecular flexibility index (Phi) is 3.51. The van der Waals surface area contributed by atoms with Crippen molar-refractivity contribution in [2.24, 2.45) is 0 Å². The normalized spacial score (nSPS) is 10.3. The molecule has 0 amide bonds. The molecule has 1 aromatic heterocycles. The highest BCUT2D eigenvalue weighted by atomic mass is 16.5. The highest BCUT2D eigenvalue weighted by molar-refractivity contribution is 5.90. The molecule has 0 saturated heterocycles. The average molecular weight is 257 g/mol. The van der Waals surface area contributed by atoms with Gasteiger partial charge in [0.25, 0.3) is 0 Å². The smallest absolute Gasteiger partial charge is 0.341 e. The quantitative estimate of drug-likeness (QED) is 0.914. The summed E-state index contributed by atoms with van der Waals surface area (Å²) < 4.78 is 5.72. The van der Waals surface area contributed by atoms with Gasteiger partial charge in [-0.3, -0.25) is 4.98 Å². The van der Waals surface area contributed by atoms with Gasteiger partial charge in [0.2, 0.25) is 0 Å². The van der Waals surface area contributed by atoms with Crippen molar-refractivity contribution >= 4 is 5.97 Å². The summed E-state index contributed by atoms with van der Waals surface area (Å²) in [7, 11) is 0. The van der Waals surface area contributed by atoms with Crippen molar-refractivity contribution in [3.63, 3.8) is 0 Å². The fourth-order valence-corrected chi connectivity index (χ4v) is 1.79. The van der Waals surface area contributed by atoms with Gasteiger partial charge in [-0.05, 0) is 43.5 Å². The number of benzene rings is 1. The first-order valence-corrected chi connectivity index (χ1v) is 5.92. The van der Waals surface area contributed by atoms with Gasteiger partial charge in [0.15, 0.2) is 0 Å². The number of aromatic nitrogens is 1. The van der Waals surface area contributed by atoms with Crippen molar-refractivity contribution in [1.82, 2.24) is 4.98 Å². The highest BCUT2D eigenvalue weighted by Gasteiger charge is 2.13. The predicted octanol–water partition coefficient (Wildman–Crippen LogP) is 3.50. The maximum atomic E-state index is 11.1. The average Bonchev–Trinajstić information content (AvgIpc) is 2.36. The van der Waals surface area contributed by atoms with E-state index in [-0.39, 0.29) is 5.56 Å². The molecule has 0 unspecified atom stereocenters. The number of ether oxygens (including phenoxy) is 1. The van der Waals surface area contributed by atoms with Gasteiger partial charge in [-0.1, -0.05) is 6.07 Å². The number of nitrogens with zero attached hydrogens (tertiary/aromatic N) is 1. The van der Waals surface area contributed by atoms with E-state index in [9.17, 15) is 4.79 Å². The van der Waals surface area contributed by atoms with Gasteiger partial charge in [-0.25, -0.2) is 4.79 Å². The van der Waals surface area contributed by atoms with Crippen molar-refractivity contribution in [3.05, 3.63) is 52.8 Å². The summed E-state index contributed by atoms with van der Waals surface area (Å²) in [5, 5.41) is 9.09. The van der Waals surface area contributed by atoms with Crippen LogP contribution in [0.25, 0.3) is 0 Å². The van der Waals surface area contributed by atoms with Crippen LogP contribution < -0.4 is 4.74 Å². The maximum Gasteiger partial charge on any atom is 0.341 e. The van der Waals surface area contributed by atoms with E-state index in [1.807, 2.05) is 32.9 Å². The number of hydrogen-bond donors (Lipinski definition) is 1. The van der Waals surface area contributed by atoms with E-state index in [0.717, 1.165) is 11.1 Å². The second-order valence-electron chi connectivity index (χ2n) is 4.48. The Morgan fingerprint density at radius 1 is 1.11 bits per heavy atom. The van der Waals surface area contributed by atoms with Gasteiger partial charge in [0, 0.05) is 18.5 Å². The Bertz CT molecular complexity index is 635. The number of carboxylic acid groups (broad SMARTS) is 1. The molecule has 0 aliphatic rings. The van der Waals surface area contributed by atoms with Crippen LogP contribution in [0.15, 0.2) is 30.6 Å². The first-order valence-electron chi connectivity index (χ1n) is 5.92. The molecule has 0 aliphatic heterocycles. The second kappa shape index (κ2) is 5.10. The van der Waals surface area contributed by atoms with Crippen LogP contribution in [0, 0.1) is 20.8 Å². The number of rotatable bonds is 3. The summed E-state index contributed by atoms with van der Waals surface area (Å²) in [4.78, 5) is 14.9. The van der Waals surface area contributed by atoms with Crippen LogP contribution in [-0.2, 0) is 0 Å². The number of hydrogen-bond acceptors (Lipinski definition) is 3. The summed E-state index contributed by atoms with van der Waals surface area (Å²) in [6, 6.07) is 5.49. The van der Waals surface area contributed by atoms with E-state index in [1.54, 1.807) is 6.07 Å². The summed E-state index contributed by atoms with van der Waals surface area (Å²) in [5.74, 6) is -0.0877. The van der Waals surface area contributed by atoms with Crippen molar-refractivity contribution in [1.29, 1.82) is 0 Å². The maximum absolute atomic E-state index is 11.1. The lowest BCUT2D eigenvalue weighted by Crippen LogP contribution is -2.01. The Labute approximate surface area is 111 Å². The molecule has 1 aromatic carbocycles. The fourth-order valence-electron chi connectivity index (χ4n) is 1.79. The van der Waals surface area contributed by atoms with Gasteiger partial charge < -0.3 is 9.84 Å². The zero-order chi connectivity index (χ0) is 14.0. The lowest BCUT2D eigenvalue weighted by atomic mass is 10.1. The van der Waals surface area contributed by atoms with Crippen LogP contribution >= 0.6 is 0 Å². The molecule has 0 fully saturated rings. The first-order chi connectivity index (χ1) is 8.99. The number of pyridine rings is 1. The zero-order valence-electron chi connectivity index (χ0n) is 11.1. The molecule has 2 rings (SSSR count). The lowest BCUT2D eigenvalue weighted by Gasteiger charge is -2.12. The molecular formula is C15H15NO3. The Morgan fingerprint density at radius 2 is 1.79 bits per heavy atom. The van der Waals surface area contributed by atoms with Crippen LogP contribution in [0.1, 0.15) is 27.0 Å². The number of aryl methyl sites for hydroxylation is 3. The van der Waals surface area contributed by atoms with Gasteiger partial charge in [0.1, 0.15) is 17.1 Å². The molecular weight excluding hydrogens is 242 g/mol. The first kappa shape index (κ1) is 13.1. The molecule has 19 heavy (non-hydrogen) atoms. The molecule has 1 heterocycles. The van der Waals surface area contributed by atoms with E-state index in [4.69, 9.17) is 9.84 Å². The number of aromatic carboxylic acids is 1. The molecule has 1 N–H and O–H groups in total. The van der Waals surface area contributed by atoms with Crippen LogP contribution in [0.4, 0.5) is 0 Å². The van der Waals surface area contributed by atoms with Crippen molar-refractivity contribution < 1.29 is 14.6 Å². The molecule has 0 aliphatic carbocycles. The lowest BCUT2D eigenvalue weighted by molar-refractivity contribution is 0.0693. The summed E-state index contributed by atoms with van der Waals surface area (Å²) in [6.07, 6.45) is 2.80. The summed E-state index contributed by atoms with van der Waals surface area (Å²) in [6.45, 7) is 5.96. The molecule has 0 spiro atoms. The Morgan fingerprint density at radius 3 is 2.47 bits per heavy atom. The molecule has 98 valence electrons. The summed E-state index contributed by atoms with van der Waals surface area (Å²) >= 11 is 0. The second-order valence-corrected chi connectivity index (χ2v) is 4.48. The van der Waals surface area contributed by atoms with Gasteiger partial charge >= 0.3 is 5.97 Å². The molecule has 0 radical (unpaired) electrons. The predicted molar refractivity (Wildman–Crippen MR) is 71.9 cm³/mol. The minimum Gasteiger partial charge on any atom is -0.477 e. The molecule has 0 saturated carbocycles. The summed E-state index contributed by atoms with van der Waals surface area (Å²) in [5.41, 5.74) is 3.31. The van der Waals surface area contributed by atoms with Crippen molar-refractivity contribution in [2.75, 3.05) is 0 Å². The van der Waals surface area contributed by atoms with Gasteiger partial charge in [0.05, 0.1) is 0 Å². The van der Waals surface area contributed by atoms with E-state index >= 15 is 0 Å². The SMILES string of the molecule is Cc1cc(C)c(Oc2ccncc2C(=O)O)cc1C. The molecule has 0 bridgehead atoms. The zero-order valence-corrected chi connectivity index (χ0v) is 11.1. The highest BCUT2D eigenvalue weighted by Crippen LogP contribution is 2.29. The minimum atomic E-state index is -1.05. The van der Waals surface area contributed by atoms with Crippen molar-refractivity contribution in [2.45, 2.75) is 20.8 Å². The topological polar surface area (TPSA) is 59.4 Å². The van der Waals surface area contributed by atoms with Crippen LogP contribution in [0.2, 0.25) is 0 Å². The van der Waals surface area contributed by atoms with Crippen LogP contribution in [0.5, 0.6) is 11.5 Å². The van der Waals surface area contributed by atoms with E-state index in [1.165, 1.54) is 18.0 Å². The number of carboxylic acids is 1. The molecule has 2 aromatic rings. The van der Waals surface area contributed by atoms with E-state index in [2.05, 4.69) is 4.98 Å². The number of carbonyl (C=O) groups is 1. The monoisotopic (exact) mass is 257 g/mol. The fraction of sp³-hybridized carbons (Fsp3) is 0.200. The molecule has 0 atom stereocenters. The van der Waals surface area contributed by atoms with E-state index < -0.39 is 5.97 Å². The van der Waals surface area contributed by atoms with Gasteiger partial charge in [-0.15, -0.1) is 0 Å². The van der Waals surface area contributed by atoms with Gasteiger partial charge in [-0.2, -0.15) is 0 Å². The van der Waals surface area contributed by atoms with Crippen LogP contribution in [-0.4, -0.2) is 16.1 Å². The Balaban J connectivity index is 2.42. The molecule has 4 nitrogen and oxygen atoms in total. The largest absolute Gasteiger partial charge is 0.477 e. The minimum absolute atomic E-state index is 0.0557. The van der Waals surface area contributed by atoms with Crippen molar-refractivity contribution in [3.8, 4) is 11.5 Å². The standard InChI is InChI=1S/C15H15NO3/c1-9-6-11(3)14(7-10(9)2)19-13-4-5-16-8-12(13)15(17)18/h4-8H,1-3H3,(H,17,18). The third-order valence-corrected chi connectivity index (χ3v) is 3.02. The van der Waals surface area contributed by atoms with E-state index in [0.29, 0.717) is 11.5 Å².